The third kappa shape index (κ3) is 9.06. The van der Waals surface area contributed by atoms with Gasteiger partial charge >= 0.3 is 0 Å². The van der Waals surface area contributed by atoms with E-state index in [0.717, 1.165) is 18.5 Å². The number of halogens is 1. The Bertz CT molecular complexity index is 304. The molecule has 16 heavy (non-hydrogen) atoms. The first kappa shape index (κ1) is 15.8. The molecule has 0 unspecified atom stereocenters. The second kappa shape index (κ2) is 7.19. The average Bonchev–Trinajstić information content (AvgIpc) is 2.38. The van der Waals surface area contributed by atoms with Gasteiger partial charge in [-0.15, -0.1) is 11.3 Å². The molecule has 0 fully saturated rings. The normalized spacial score (nSPS) is 10.9. The van der Waals surface area contributed by atoms with Crippen LogP contribution in [-0.4, -0.2) is 32.7 Å². The number of hydrogen-bond donors (Lipinski definition) is 3. The van der Waals surface area contributed by atoms with Crippen LogP contribution in [0, 0.1) is 6.92 Å². The molecule has 1 aromatic heterocycles. The Morgan fingerprint density at radius 3 is 2.19 bits per heavy atom. The lowest BCUT2D eigenvalue weighted by Crippen LogP contribution is -2.15. The Kier molecular flexibility index (Phi) is 7.10. The Morgan fingerprint density at radius 2 is 1.88 bits per heavy atom. The summed E-state index contributed by atoms with van der Waals surface area (Å²) in [6.45, 7) is 4.77. The van der Waals surface area contributed by atoms with Crippen molar-refractivity contribution in [1.29, 1.82) is 0 Å². The number of aliphatic hydroxyl groups is 3. The minimum atomic E-state index is -1.50. The monoisotopic (exact) mass is 267 g/mol. The summed E-state index contributed by atoms with van der Waals surface area (Å²) in [7, 11) is 0. The second-order valence-electron chi connectivity index (χ2n) is 3.80. The maximum atomic E-state index is 8.58. The molecule has 0 radical (unpaired) electrons. The van der Waals surface area contributed by atoms with E-state index in [9.17, 15) is 0 Å². The standard InChI is InChI=1S/C7H10ClNOS.C3H8O2/c1-5-6(3-2-4-10)11-7(8)9-5;1-3(2,4)5/h10H,2-4H2,1H3;4-5H,1-2H3. The zero-order valence-electron chi connectivity index (χ0n) is 9.70. The fourth-order valence-corrected chi connectivity index (χ4v) is 2.10. The van der Waals surface area contributed by atoms with Crippen molar-refractivity contribution >= 4 is 22.9 Å². The number of aryl methyl sites for hydroxylation is 2. The molecule has 6 heteroatoms. The minimum Gasteiger partial charge on any atom is -0.396 e. The summed E-state index contributed by atoms with van der Waals surface area (Å²) in [5.74, 6) is -1.50. The lowest BCUT2D eigenvalue weighted by Gasteiger charge is -2.03. The van der Waals surface area contributed by atoms with E-state index in [1.54, 1.807) is 0 Å². The van der Waals surface area contributed by atoms with E-state index in [1.807, 2.05) is 6.92 Å². The van der Waals surface area contributed by atoms with Crippen molar-refractivity contribution in [2.75, 3.05) is 6.61 Å². The molecule has 0 bridgehead atoms. The summed E-state index contributed by atoms with van der Waals surface area (Å²) in [6, 6.07) is 0. The van der Waals surface area contributed by atoms with Gasteiger partial charge in [-0.25, -0.2) is 4.98 Å². The summed E-state index contributed by atoms with van der Waals surface area (Å²) >= 11 is 7.19. The van der Waals surface area contributed by atoms with Crippen LogP contribution in [0.15, 0.2) is 0 Å². The van der Waals surface area contributed by atoms with Gasteiger partial charge < -0.3 is 15.3 Å². The summed E-state index contributed by atoms with van der Waals surface area (Å²) in [4.78, 5) is 5.25. The molecule has 0 aliphatic rings. The molecule has 0 aliphatic carbocycles. The van der Waals surface area contributed by atoms with Crippen LogP contribution >= 0.6 is 22.9 Å². The molecule has 3 N–H and O–H groups in total. The summed E-state index contributed by atoms with van der Waals surface area (Å²) in [5.41, 5.74) is 0.994. The van der Waals surface area contributed by atoms with E-state index in [0.29, 0.717) is 4.47 Å². The maximum absolute atomic E-state index is 8.58. The lowest BCUT2D eigenvalue weighted by molar-refractivity contribution is -0.127. The van der Waals surface area contributed by atoms with Gasteiger partial charge in [-0.05, 0) is 33.6 Å². The smallest absolute Gasteiger partial charge is 0.184 e. The minimum absolute atomic E-state index is 0.231. The molecule has 0 amide bonds. The van der Waals surface area contributed by atoms with Crippen LogP contribution in [0.2, 0.25) is 4.47 Å². The van der Waals surface area contributed by atoms with Crippen molar-refractivity contribution in [2.24, 2.45) is 0 Å². The van der Waals surface area contributed by atoms with Crippen molar-refractivity contribution < 1.29 is 15.3 Å². The molecule has 94 valence electrons. The van der Waals surface area contributed by atoms with Gasteiger partial charge in [-0.1, -0.05) is 11.6 Å². The van der Waals surface area contributed by atoms with Gasteiger partial charge in [0.25, 0.3) is 0 Å². The van der Waals surface area contributed by atoms with E-state index in [4.69, 9.17) is 26.9 Å². The maximum Gasteiger partial charge on any atom is 0.184 e. The number of nitrogens with zero attached hydrogens (tertiary/aromatic N) is 1. The van der Waals surface area contributed by atoms with Crippen LogP contribution in [0.4, 0.5) is 0 Å². The SMILES string of the molecule is CC(C)(O)O.Cc1nc(Cl)sc1CCCO. The van der Waals surface area contributed by atoms with E-state index in [1.165, 1.54) is 30.1 Å². The molecule has 1 aromatic rings. The van der Waals surface area contributed by atoms with Crippen LogP contribution in [-0.2, 0) is 6.42 Å². The summed E-state index contributed by atoms with van der Waals surface area (Å²) in [5, 5.41) is 24.7. The fourth-order valence-electron chi connectivity index (χ4n) is 0.864. The molecule has 0 aliphatic heterocycles. The third-order valence-electron chi connectivity index (χ3n) is 1.43. The van der Waals surface area contributed by atoms with Gasteiger partial charge in [0, 0.05) is 11.5 Å². The fraction of sp³-hybridized carbons (Fsp3) is 0.700. The zero-order valence-corrected chi connectivity index (χ0v) is 11.3. The number of aromatic nitrogens is 1. The van der Waals surface area contributed by atoms with Crippen LogP contribution in [0.1, 0.15) is 30.8 Å². The van der Waals surface area contributed by atoms with Gasteiger partial charge in [0.2, 0.25) is 0 Å². The van der Waals surface area contributed by atoms with Crippen LogP contribution in [0.3, 0.4) is 0 Å². The van der Waals surface area contributed by atoms with Crippen LogP contribution in [0.5, 0.6) is 0 Å². The molecule has 1 rings (SSSR count). The largest absolute Gasteiger partial charge is 0.396 e. The lowest BCUT2D eigenvalue weighted by atomic mass is 10.2. The molecule has 0 atom stereocenters. The number of rotatable bonds is 3. The molecular weight excluding hydrogens is 250 g/mol. The van der Waals surface area contributed by atoms with E-state index in [2.05, 4.69) is 4.98 Å². The molecule has 0 saturated carbocycles. The predicted molar refractivity (Wildman–Crippen MR) is 65.8 cm³/mol. The predicted octanol–water partition coefficient (Wildman–Crippen LogP) is 1.74. The van der Waals surface area contributed by atoms with Crippen molar-refractivity contribution in [1.82, 2.24) is 4.98 Å². The first-order valence-electron chi connectivity index (χ1n) is 4.91. The number of hydrogen-bond acceptors (Lipinski definition) is 5. The summed E-state index contributed by atoms with van der Waals surface area (Å²) < 4.78 is 0.593. The van der Waals surface area contributed by atoms with E-state index in [-0.39, 0.29) is 6.61 Å². The molecule has 4 nitrogen and oxygen atoms in total. The van der Waals surface area contributed by atoms with Gasteiger partial charge in [-0.2, -0.15) is 0 Å². The zero-order chi connectivity index (χ0) is 12.8. The van der Waals surface area contributed by atoms with Crippen molar-refractivity contribution in [3.8, 4) is 0 Å². The van der Waals surface area contributed by atoms with Crippen molar-refractivity contribution in [3.63, 3.8) is 0 Å². The Labute approximate surface area is 105 Å². The second-order valence-corrected chi connectivity index (χ2v) is 5.46. The highest BCUT2D eigenvalue weighted by Gasteiger charge is 2.04. The Morgan fingerprint density at radius 1 is 1.38 bits per heavy atom. The highest BCUT2D eigenvalue weighted by atomic mass is 35.5. The molecule has 0 spiro atoms. The van der Waals surface area contributed by atoms with Gasteiger partial charge in [-0.3, -0.25) is 0 Å². The Balaban J connectivity index is 0.000000385. The highest BCUT2D eigenvalue weighted by molar-refractivity contribution is 7.15. The molecule has 0 aromatic carbocycles. The third-order valence-corrected chi connectivity index (χ3v) is 2.75. The van der Waals surface area contributed by atoms with Crippen LogP contribution < -0.4 is 0 Å². The highest BCUT2D eigenvalue weighted by Crippen LogP contribution is 2.22. The van der Waals surface area contributed by atoms with Gasteiger partial charge in [0.1, 0.15) is 0 Å². The van der Waals surface area contributed by atoms with Crippen LogP contribution in [0.25, 0.3) is 0 Å². The number of thiazole rings is 1. The first-order valence-corrected chi connectivity index (χ1v) is 6.11. The average molecular weight is 268 g/mol. The quantitative estimate of drug-likeness (QED) is 0.730. The first-order chi connectivity index (χ1) is 7.24. The number of aliphatic hydroxyl groups excluding tert-OH is 1. The molecular formula is C10H18ClNO3S. The van der Waals surface area contributed by atoms with Crippen molar-refractivity contribution in [3.05, 3.63) is 15.0 Å². The van der Waals surface area contributed by atoms with Crippen molar-refractivity contribution in [2.45, 2.75) is 39.4 Å². The van der Waals surface area contributed by atoms with E-state index >= 15 is 0 Å². The topological polar surface area (TPSA) is 73.6 Å². The summed E-state index contributed by atoms with van der Waals surface area (Å²) in [6.07, 6.45) is 1.67. The van der Waals surface area contributed by atoms with Gasteiger partial charge in [0.05, 0.1) is 5.69 Å². The van der Waals surface area contributed by atoms with E-state index < -0.39 is 5.79 Å². The molecule has 1 heterocycles. The van der Waals surface area contributed by atoms with Gasteiger partial charge in [0.15, 0.2) is 10.3 Å². The molecule has 0 saturated heterocycles. The Hall–Kier alpha value is -0.200.